The second-order valence-electron chi connectivity index (χ2n) is 7.90. The van der Waals surface area contributed by atoms with E-state index in [1.54, 1.807) is 41.9 Å². The Labute approximate surface area is 194 Å². The van der Waals surface area contributed by atoms with Crippen LogP contribution in [0.5, 0.6) is 0 Å². The van der Waals surface area contributed by atoms with E-state index in [1.807, 2.05) is 0 Å². The number of sulfone groups is 1. The van der Waals surface area contributed by atoms with E-state index in [0.29, 0.717) is 22.6 Å². The van der Waals surface area contributed by atoms with Crippen LogP contribution in [0.25, 0.3) is 22.9 Å². The largest absolute Gasteiger partial charge is 0.365 e. The second-order valence-corrected chi connectivity index (χ2v) is 10.2. The molecule has 0 saturated heterocycles. The van der Waals surface area contributed by atoms with E-state index < -0.39 is 15.7 Å². The molecule has 0 bridgehead atoms. The first-order chi connectivity index (χ1) is 16.2. The zero-order valence-corrected chi connectivity index (χ0v) is 19.3. The van der Waals surface area contributed by atoms with E-state index in [9.17, 15) is 17.2 Å². The molecule has 1 N–H and O–H groups in total. The average molecular weight is 489 g/mol. The molecule has 4 aromatic rings. The van der Waals surface area contributed by atoms with E-state index in [-0.39, 0.29) is 42.2 Å². The molecule has 3 aromatic heterocycles. The van der Waals surface area contributed by atoms with Crippen LogP contribution < -0.4 is 5.32 Å². The van der Waals surface area contributed by atoms with Gasteiger partial charge in [-0.3, -0.25) is 4.68 Å². The van der Waals surface area contributed by atoms with Crippen molar-refractivity contribution >= 4 is 15.7 Å². The van der Waals surface area contributed by atoms with Crippen molar-refractivity contribution in [3.05, 3.63) is 66.1 Å². The third kappa shape index (κ3) is 5.63. The summed E-state index contributed by atoms with van der Waals surface area (Å²) in [6.45, 7) is 1.85. The fourth-order valence-corrected chi connectivity index (χ4v) is 4.06. The van der Waals surface area contributed by atoms with Crippen molar-refractivity contribution in [3.8, 4) is 22.9 Å². The van der Waals surface area contributed by atoms with Crippen LogP contribution in [0.4, 0.5) is 14.6 Å². The first kappa shape index (κ1) is 23.5. The molecule has 0 spiro atoms. The van der Waals surface area contributed by atoms with Crippen molar-refractivity contribution in [1.29, 1.82) is 0 Å². The average Bonchev–Trinajstić information content (AvgIpc) is 3.45. The summed E-state index contributed by atoms with van der Waals surface area (Å²) in [5, 5.41) is 11.3. The van der Waals surface area contributed by atoms with Gasteiger partial charge in [0.2, 0.25) is 0 Å². The summed E-state index contributed by atoms with van der Waals surface area (Å²) in [5.41, 5.74) is 1.76. The smallest absolute Gasteiger partial charge is 0.183 e. The minimum absolute atomic E-state index is 0.0394. The number of halogens is 2. The lowest BCUT2D eigenvalue weighted by molar-refractivity contribution is 0.421. The van der Waals surface area contributed by atoms with Crippen molar-refractivity contribution in [2.24, 2.45) is 0 Å². The van der Waals surface area contributed by atoms with Gasteiger partial charge in [-0.25, -0.2) is 27.2 Å². The maximum absolute atomic E-state index is 14.4. The highest BCUT2D eigenvalue weighted by Crippen LogP contribution is 2.26. The SMILES string of the molecule is CC(CCS(C)(=O)=O)Nc1nc(-c2cc(-c3ccon3)n(Cc3ccccc3F)n2)ncc1F. The summed E-state index contributed by atoms with van der Waals surface area (Å²) in [6, 6.07) is 9.29. The molecular weight excluding hydrogens is 466 g/mol. The zero-order valence-electron chi connectivity index (χ0n) is 18.4. The number of aromatic nitrogens is 5. The molecule has 0 aliphatic rings. The molecule has 1 atom stereocenters. The van der Waals surface area contributed by atoms with Crippen molar-refractivity contribution in [2.75, 3.05) is 17.3 Å². The van der Waals surface area contributed by atoms with Crippen molar-refractivity contribution in [3.63, 3.8) is 0 Å². The summed E-state index contributed by atoms with van der Waals surface area (Å²) in [5.74, 6) is -1.04. The molecule has 0 fully saturated rings. The van der Waals surface area contributed by atoms with Crippen molar-refractivity contribution in [1.82, 2.24) is 24.9 Å². The molecule has 0 amide bonds. The third-order valence-electron chi connectivity index (χ3n) is 5.04. The van der Waals surface area contributed by atoms with Gasteiger partial charge in [-0.2, -0.15) is 5.10 Å². The Hall–Kier alpha value is -3.67. The standard InChI is InChI=1S/C22H22F2N6O3S/c1-14(8-10-34(2,31)32)26-21-17(24)12-25-22(27-21)19-11-20(18-7-9-33-29-18)30(28-19)13-15-5-3-4-6-16(15)23/h3-7,9,11-12,14H,8,10,13H2,1-2H3,(H,25,26,27). The van der Waals surface area contributed by atoms with Gasteiger partial charge in [-0.1, -0.05) is 23.4 Å². The number of benzene rings is 1. The molecule has 9 nitrogen and oxygen atoms in total. The molecule has 0 aliphatic carbocycles. The van der Waals surface area contributed by atoms with E-state index in [1.165, 1.54) is 12.3 Å². The minimum Gasteiger partial charge on any atom is -0.365 e. The predicted octanol–water partition coefficient (Wildman–Crippen LogP) is 3.56. The number of hydrogen-bond donors (Lipinski definition) is 1. The minimum atomic E-state index is -3.14. The Morgan fingerprint density at radius 3 is 2.65 bits per heavy atom. The molecule has 0 aliphatic heterocycles. The molecule has 12 heteroatoms. The Bertz CT molecular complexity index is 1390. The van der Waals surface area contributed by atoms with Gasteiger partial charge in [-0.05, 0) is 25.5 Å². The first-order valence-electron chi connectivity index (χ1n) is 10.4. The van der Waals surface area contributed by atoms with Gasteiger partial charge in [0.15, 0.2) is 17.5 Å². The quantitative estimate of drug-likeness (QED) is 0.380. The second kappa shape index (κ2) is 9.67. The highest BCUT2D eigenvalue weighted by Gasteiger charge is 2.19. The van der Waals surface area contributed by atoms with Gasteiger partial charge in [0.25, 0.3) is 0 Å². The molecule has 3 heterocycles. The summed E-state index contributed by atoms with van der Waals surface area (Å²) < 4.78 is 57.9. The van der Waals surface area contributed by atoms with Crippen LogP contribution in [0.15, 0.2) is 53.4 Å². The van der Waals surface area contributed by atoms with E-state index >= 15 is 0 Å². The predicted molar refractivity (Wildman–Crippen MR) is 122 cm³/mol. The topological polar surface area (TPSA) is 116 Å². The number of hydrogen-bond acceptors (Lipinski definition) is 8. The summed E-state index contributed by atoms with van der Waals surface area (Å²) in [4.78, 5) is 8.29. The number of nitrogens with zero attached hydrogens (tertiary/aromatic N) is 5. The molecule has 4 rings (SSSR count). The lowest BCUT2D eigenvalue weighted by Crippen LogP contribution is -2.21. The van der Waals surface area contributed by atoms with Crippen LogP contribution in [0.1, 0.15) is 18.9 Å². The molecular formula is C22H22F2N6O3S. The van der Waals surface area contributed by atoms with E-state index in [2.05, 4.69) is 25.5 Å². The van der Waals surface area contributed by atoms with E-state index in [4.69, 9.17) is 4.52 Å². The number of nitrogens with one attached hydrogen (secondary N) is 1. The Morgan fingerprint density at radius 1 is 1.15 bits per heavy atom. The monoisotopic (exact) mass is 488 g/mol. The molecule has 0 saturated carbocycles. The molecule has 34 heavy (non-hydrogen) atoms. The van der Waals surface area contributed by atoms with Gasteiger partial charge < -0.3 is 9.84 Å². The van der Waals surface area contributed by atoms with Crippen LogP contribution in [0.3, 0.4) is 0 Å². The number of anilines is 1. The maximum Gasteiger partial charge on any atom is 0.183 e. The Morgan fingerprint density at radius 2 is 1.94 bits per heavy atom. The highest BCUT2D eigenvalue weighted by atomic mass is 32.2. The van der Waals surface area contributed by atoms with Crippen LogP contribution in [-0.4, -0.2) is 51.4 Å². The van der Waals surface area contributed by atoms with Crippen LogP contribution in [0.2, 0.25) is 0 Å². The highest BCUT2D eigenvalue weighted by molar-refractivity contribution is 7.90. The van der Waals surface area contributed by atoms with Gasteiger partial charge in [-0.15, -0.1) is 0 Å². The van der Waals surface area contributed by atoms with Crippen LogP contribution >= 0.6 is 0 Å². The zero-order chi connectivity index (χ0) is 24.3. The lowest BCUT2D eigenvalue weighted by Gasteiger charge is -2.14. The van der Waals surface area contributed by atoms with Gasteiger partial charge in [0, 0.05) is 23.9 Å². The first-order valence-corrected chi connectivity index (χ1v) is 12.4. The normalized spacial score (nSPS) is 12.6. The summed E-state index contributed by atoms with van der Waals surface area (Å²) in [6.07, 6.45) is 3.85. The van der Waals surface area contributed by atoms with Crippen molar-refractivity contribution in [2.45, 2.75) is 25.9 Å². The Kier molecular flexibility index (Phi) is 6.68. The molecule has 1 aromatic carbocycles. The molecule has 178 valence electrons. The van der Waals surface area contributed by atoms with Gasteiger partial charge >= 0.3 is 0 Å². The fraction of sp³-hybridized carbons (Fsp3) is 0.273. The number of rotatable bonds is 9. The third-order valence-corrected chi connectivity index (χ3v) is 6.01. The molecule has 0 radical (unpaired) electrons. The fourth-order valence-electron chi connectivity index (χ4n) is 3.27. The van der Waals surface area contributed by atoms with Gasteiger partial charge in [0.05, 0.1) is 24.2 Å². The van der Waals surface area contributed by atoms with Crippen molar-refractivity contribution < 1.29 is 21.7 Å². The van der Waals surface area contributed by atoms with Crippen LogP contribution in [0, 0.1) is 11.6 Å². The Balaban J connectivity index is 1.65. The summed E-state index contributed by atoms with van der Waals surface area (Å²) >= 11 is 0. The van der Waals surface area contributed by atoms with E-state index in [0.717, 1.165) is 12.5 Å². The van der Waals surface area contributed by atoms with Crippen LogP contribution in [-0.2, 0) is 16.4 Å². The lowest BCUT2D eigenvalue weighted by atomic mass is 10.2. The molecule has 1 unspecified atom stereocenters. The summed E-state index contributed by atoms with van der Waals surface area (Å²) in [7, 11) is -3.14. The van der Waals surface area contributed by atoms with Gasteiger partial charge in [0.1, 0.15) is 33.3 Å². The maximum atomic E-state index is 14.4.